The van der Waals surface area contributed by atoms with Crippen molar-refractivity contribution in [3.63, 3.8) is 0 Å². The van der Waals surface area contributed by atoms with Crippen LogP contribution in [-0.4, -0.2) is 23.2 Å². The lowest BCUT2D eigenvalue weighted by Crippen LogP contribution is -2.34. The average Bonchev–Trinajstić information content (AvgIpc) is 3.06. The first-order chi connectivity index (χ1) is 12.3. The molecule has 2 amide bonds. The van der Waals surface area contributed by atoms with E-state index in [1.54, 1.807) is 16.7 Å². The Bertz CT molecular complexity index is 805. The van der Waals surface area contributed by atoms with Crippen LogP contribution in [0.15, 0.2) is 42.5 Å². The molecule has 1 fully saturated rings. The Morgan fingerprint density at radius 3 is 2.46 bits per heavy atom. The van der Waals surface area contributed by atoms with E-state index in [9.17, 15) is 18.0 Å². The monoisotopic (exact) mass is 380 g/mol. The second-order valence-electron chi connectivity index (χ2n) is 6.28. The Kier molecular flexibility index (Phi) is 5.18. The maximum atomic E-state index is 12.7. The Labute approximate surface area is 154 Å². The summed E-state index contributed by atoms with van der Waals surface area (Å²) >= 11 is 1.55. The third-order valence-electron chi connectivity index (χ3n) is 4.30. The normalized spacial score (nSPS) is 17.4. The van der Waals surface area contributed by atoms with Crippen molar-refractivity contribution in [3.8, 4) is 0 Å². The number of nitrogens with one attached hydrogen (secondary N) is 1. The van der Waals surface area contributed by atoms with E-state index in [0.717, 1.165) is 34.7 Å². The number of carbonyl (C=O) groups is 1. The highest BCUT2D eigenvalue weighted by atomic mass is 32.2. The third-order valence-corrected chi connectivity index (χ3v) is 5.56. The van der Waals surface area contributed by atoms with Crippen LogP contribution < -0.4 is 5.32 Å². The number of anilines is 1. The molecule has 7 heteroatoms. The summed E-state index contributed by atoms with van der Waals surface area (Å²) in [5.74, 6) is 0.742. The van der Waals surface area contributed by atoms with E-state index in [1.165, 1.54) is 12.1 Å². The minimum Gasteiger partial charge on any atom is -0.308 e. The van der Waals surface area contributed by atoms with Crippen molar-refractivity contribution < 1.29 is 18.0 Å². The van der Waals surface area contributed by atoms with Gasteiger partial charge in [0.1, 0.15) is 5.37 Å². The number of alkyl halides is 3. The zero-order valence-electron chi connectivity index (χ0n) is 14.4. The van der Waals surface area contributed by atoms with Gasteiger partial charge in [0.05, 0.1) is 5.56 Å². The second-order valence-corrected chi connectivity index (χ2v) is 7.47. The zero-order chi connectivity index (χ0) is 18.9. The molecule has 2 aromatic rings. The number of carbonyl (C=O) groups excluding carboxylic acids is 1. The summed E-state index contributed by atoms with van der Waals surface area (Å²) in [6.45, 7) is 4.46. The number of benzene rings is 2. The Morgan fingerprint density at radius 1 is 1.15 bits per heavy atom. The van der Waals surface area contributed by atoms with Gasteiger partial charge in [-0.05, 0) is 43.2 Å². The van der Waals surface area contributed by atoms with Gasteiger partial charge in [0, 0.05) is 18.0 Å². The Morgan fingerprint density at radius 2 is 1.85 bits per heavy atom. The fourth-order valence-electron chi connectivity index (χ4n) is 2.93. The van der Waals surface area contributed by atoms with E-state index >= 15 is 0 Å². The van der Waals surface area contributed by atoms with Crippen LogP contribution in [0.2, 0.25) is 0 Å². The molecular formula is C19H19F3N2OS. The number of aryl methyl sites for hydroxylation is 2. The average molecular weight is 380 g/mol. The molecule has 2 aromatic carbocycles. The van der Waals surface area contributed by atoms with Crippen molar-refractivity contribution in [2.24, 2.45) is 0 Å². The molecule has 1 aliphatic heterocycles. The fraction of sp³-hybridized carbons (Fsp3) is 0.316. The maximum Gasteiger partial charge on any atom is 0.416 e. The van der Waals surface area contributed by atoms with Crippen LogP contribution >= 0.6 is 11.8 Å². The van der Waals surface area contributed by atoms with E-state index in [1.807, 2.05) is 32.0 Å². The van der Waals surface area contributed by atoms with Crippen molar-refractivity contribution in [2.75, 3.05) is 17.6 Å². The summed E-state index contributed by atoms with van der Waals surface area (Å²) in [6, 6.07) is 10.6. The quantitative estimate of drug-likeness (QED) is 0.735. The van der Waals surface area contributed by atoms with E-state index < -0.39 is 11.7 Å². The fourth-order valence-corrected chi connectivity index (χ4v) is 4.19. The molecule has 0 radical (unpaired) electrons. The van der Waals surface area contributed by atoms with Gasteiger partial charge in [-0.25, -0.2) is 4.79 Å². The SMILES string of the molecule is Cc1ccc(NC(=O)N2CCSC2c2ccc(C(F)(F)F)cc2)c(C)c1. The van der Waals surface area contributed by atoms with Gasteiger partial charge in [0.25, 0.3) is 0 Å². The van der Waals surface area contributed by atoms with Crippen LogP contribution in [0.4, 0.5) is 23.7 Å². The summed E-state index contributed by atoms with van der Waals surface area (Å²) < 4.78 is 38.2. The predicted molar refractivity (Wildman–Crippen MR) is 98.3 cm³/mol. The molecule has 3 rings (SSSR count). The van der Waals surface area contributed by atoms with Gasteiger partial charge in [-0.3, -0.25) is 0 Å². The van der Waals surface area contributed by atoms with Gasteiger partial charge in [-0.15, -0.1) is 11.8 Å². The van der Waals surface area contributed by atoms with Gasteiger partial charge >= 0.3 is 12.2 Å². The van der Waals surface area contributed by atoms with Crippen LogP contribution in [0, 0.1) is 13.8 Å². The van der Waals surface area contributed by atoms with Crippen molar-refractivity contribution in [1.29, 1.82) is 0 Å². The molecule has 3 nitrogen and oxygen atoms in total. The number of thioether (sulfide) groups is 1. The summed E-state index contributed by atoms with van der Waals surface area (Å²) in [4.78, 5) is 14.3. The summed E-state index contributed by atoms with van der Waals surface area (Å²) in [5, 5.41) is 2.62. The predicted octanol–water partition coefficient (Wildman–Crippen LogP) is 5.60. The lowest BCUT2D eigenvalue weighted by molar-refractivity contribution is -0.137. The smallest absolute Gasteiger partial charge is 0.308 e. The lowest BCUT2D eigenvalue weighted by Gasteiger charge is -2.25. The number of nitrogens with zero attached hydrogens (tertiary/aromatic N) is 1. The number of rotatable bonds is 2. The number of hydrogen-bond donors (Lipinski definition) is 1. The van der Waals surface area contributed by atoms with Gasteiger partial charge in [-0.1, -0.05) is 29.8 Å². The summed E-state index contributed by atoms with van der Waals surface area (Å²) in [7, 11) is 0. The lowest BCUT2D eigenvalue weighted by atomic mass is 10.1. The van der Waals surface area contributed by atoms with Crippen molar-refractivity contribution in [1.82, 2.24) is 4.90 Å². The third kappa shape index (κ3) is 3.98. The Hall–Kier alpha value is -2.15. The molecule has 1 atom stereocenters. The minimum absolute atomic E-state index is 0.244. The van der Waals surface area contributed by atoms with Crippen LogP contribution in [0.25, 0.3) is 0 Å². The largest absolute Gasteiger partial charge is 0.416 e. The molecule has 0 aromatic heterocycles. The second kappa shape index (κ2) is 7.23. The molecule has 1 N–H and O–H groups in total. The van der Waals surface area contributed by atoms with Crippen LogP contribution in [0.5, 0.6) is 0 Å². The van der Waals surface area contributed by atoms with Gasteiger partial charge in [-0.2, -0.15) is 13.2 Å². The van der Waals surface area contributed by atoms with Crippen molar-refractivity contribution >= 4 is 23.5 Å². The van der Waals surface area contributed by atoms with Gasteiger partial charge < -0.3 is 10.2 Å². The number of amides is 2. The van der Waals surface area contributed by atoms with E-state index in [-0.39, 0.29) is 11.4 Å². The molecule has 138 valence electrons. The highest BCUT2D eigenvalue weighted by molar-refractivity contribution is 7.99. The van der Waals surface area contributed by atoms with Crippen molar-refractivity contribution in [3.05, 3.63) is 64.7 Å². The molecule has 0 spiro atoms. The molecule has 1 aliphatic rings. The zero-order valence-corrected chi connectivity index (χ0v) is 15.2. The minimum atomic E-state index is -4.36. The van der Waals surface area contributed by atoms with Crippen LogP contribution in [-0.2, 0) is 6.18 Å². The summed E-state index contributed by atoms with van der Waals surface area (Å²) in [6.07, 6.45) is -4.36. The highest BCUT2D eigenvalue weighted by Crippen LogP contribution is 2.39. The number of urea groups is 1. The van der Waals surface area contributed by atoms with Gasteiger partial charge in [0.15, 0.2) is 0 Å². The molecule has 1 heterocycles. The highest BCUT2D eigenvalue weighted by Gasteiger charge is 2.33. The molecule has 1 saturated heterocycles. The Balaban J connectivity index is 1.76. The molecule has 26 heavy (non-hydrogen) atoms. The van der Waals surface area contributed by atoms with Crippen LogP contribution in [0.1, 0.15) is 27.6 Å². The van der Waals surface area contributed by atoms with E-state index in [0.29, 0.717) is 12.1 Å². The first-order valence-corrected chi connectivity index (χ1v) is 9.24. The molecule has 0 saturated carbocycles. The topological polar surface area (TPSA) is 32.3 Å². The summed E-state index contributed by atoms with van der Waals surface area (Å²) in [5.41, 5.74) is 2.83. The standard InChI is InChI=1S/C19H19F3N2OS/c1-12-3-8-16(13(2)11-12)23-18(25)24-9-10-26-17(24)14-4-6-15(7-5-14)19(20,21)22/h3-8,11,17H,9-10H2,1-2H3,(H,23,25). The maximum absolute atomic E-state index is 12.7. The number of hydrogen-bond acceptors (Lipinski definition) is 2. The van der Waals surface area contributed by atoms with E-state index in [4.69, 9.17) is 0 Å². The van der Waals surface area contributed by atoms with Crippen molar-refractivity contribution in [2.45, 2.75) is 25.4 Å². The molecule has 0 aliphatic carbocycles. The molecule has 0 bridgehead atoms. The first kappa shape index (κ1) is 18.6. The van der Waals surface area contributed by atoms with E-state index in [2.05, 4.69) is 5.32 Å². The number of halogens is 3. The molecular weight excluding hydrogens is 361 g/mol. The van der Waals surface area contributed by atoms with Gasteiger partial charge in [0.2, 0.25) is 0 Å². The van der Waals surface area contributed by atoms with Crippen LogP contribution in [0.3, 0.4) is 0 Å². The first-order valence-electron chi connectivity index (χ1n) is 8.19. The molecule has 1 unspecified atom stereocenters.